The molecule has 1 amide bonds. The van der Waals surface area contributed by atoms with Crippen molar-refractivity contribution in [3.8, 4) is 0 Å². The van der Waals surface area contributed by atoms with Gasteiger partial charge in [0.25, 0.3) is 0 Å². The number of nitrogens with one attached hydrogen (secondary N) is 1. The summed E-state index contributed by atoms with van der Waals surface area (Å²) < 4.78 is 5.06. The van der Waals surface area contributed by atoms with Crippen LogP contribution in [0.25, 0.3) is 0 Å². The van der Waals surface area contributed by atoms with Crippen molar-refractivity contribution >= 4 is 5.91 Å². The molecule has 0 aromatic heterocycles. The Bertz CT molecular complexity index is 198. The summed E-state index contributed by atoms with van der Waals surface area (Å²) in [6, 6.07) is 0. The van der Waals surface area contributed by atoms with Crippen molar-refractivity contribution in [3.63, 3.8) is 0 Å². The Kier molecular flexibility index (Phi) is 3.89. The van der Waals surface area contributed by atoms with Gasteiger partial charge in [-0.3, -0.25) is 4.79 Å². The second-order valence-corrected chi connectivity index (χ2v) is 4.36. The zero-order valence-corrected chi connectivity index (χ0v) is 9.30. The van der Waals surface area contributed by atoms with Crippen LogP contribution in [0.2, 0.25) is 0 Å². The molecule has 0 bridgehead atoms. The van der Waals surface area contributed by atoms with Crippen LogP contribution in [0, 0.1) is 5.41 Å². The Balaban J connectivity index is 2.53. The van der Waals surface area contributed by atoms with Crippen molar-refractivity contribution < 1.29 is 9.53 Å². The molecule has 1 aliphatic rings. The van der Waals surface area contributed by atoms with E-state index in [1.807, 2.05) is 18.7 Å². The van der Waals surface area contributed by atoms with Gasteiger partial charge in [-0.1, -0.05) is 0 Å². The molecule has 1 rings (SSSR count). The van der Waals surface area contributed by atoms with Gasteiger partial charge in [0.05, 0.1) is 12.0 Å². The number of piperazine rings is 1. The van der Waals surface area contributed by atoms with E-state index in [1.54, 1.807) is 7.11 Å². The quantitative estimate of drug-likeness (QED) is 0.702. The minimum Gasteiger partial charge on any atom is -0.384 e. The standard InChI is InChI=1S/C10H20N2O2/c1-10(2,8-14-3)9(13)12-6-4-11-5-7-12/h11H,4-8H2,1-3H3. The maximum atomic E-state index is 12.0. The molecule has 0 atom stereocenters. The molecule has 0 saturated carbocycles. The molecule has 0 aliphatic carbocycles. The first-order chi connectivity index (χ1) is 6.58. The van der Waals surface area contributed by atoms with Crippen molar-refractivity contribution in [2.24, 2.45) is 5.41 Å². The van der Waals surface area contributed by atoms with Crippen LogP contribution in [0.15, 0.2) is 0 Å². The molecule has 0 radical (unpaired) electrons. The van der Waals surface area contributed by atoms with Crippen LogP contribution < -0.4 is 5.32 Å². The van der Waals surface area contributed by atoms with Gasteiger partial charge < -0.3 is 15.0 Å². The van der Waals surface area contributed by atoms with E-state index < -0.39 is 5.41 Å². The minimum atomic E-state index is -0.397. The lowest BCUT2D eigenvalue weighted by molar-refractivity contribution is -0.143. The fourth-order valence-electron chi connectivity index (χ4n) is 1.72. The Hall–Kier alpha value is -0.610. The predicted molar refractivity (Wildman–Crippen MR) is 55.1 cm³/mol. The zero-order chi connectivity index (χ0) is 10.6. The zero-order valence-electron chi connectivity index (χ0n) is 9.30. The molecule has 82 valence electrons. The van der Waals surface area contributed by atoms with Gasteiger partial charge in [0.1, 0.15) is 0 Å². The Morgan fingerprint density at radius 3 is 2.50 bits per heavy atom. The number of carbonyl (C=O) groups is 1. The summed E-state index contributed by atoms with van der Waals surface area (Å²) in [7, 11) is 1.63. The first-order valence-corrected chi connectivity index (χ1v) is 5.07. The molecular formula is C10H20N2O2. The van der Waals surface area contributed by atoms with E-state index in [9.17, 15) is 4.79 Å². The number of methoxy groups -OCH3 is 1. The van der Waals surface area contributed by atoms with Gasteiger partial charge in [-0.25, -0.2) is 0 Å². The van der Waals surface area contributed by atoms with E-state index >= 15 is 0 Å². The average Bonchev–Trinajstić information content (AvgIpc) is 2.18. The van der Waals surface area contributed by atoms with Crippen molar-refractivity contribution in [2.45, 2.75) is 13.8 Å². The number of hydrogen-bond acceptors (Lipinski definition) is 3. The minimum absolute atomic E-state index is 0.195. The molecule has 1 fully saturated rings. The van der Waals surface area contributed by atoms with Gasteiger partial charge in [0.15, 0.2) is 0 Å². The van der Waals surface area contributed by atoms with Crippen LogP contribution in [-0.2, 0) is 9.53 Å². The maximum absolute atomic E-state index is 12.0. The summed E-state index contributed by atoms with van der Waals surface area (Å²) in [6.07, 6.45) is 0. The van der Waals surface area contributed by atoms with E-state index in [2.05, 4.69) is 5.32 Å². The monoisotopic (exact) mass is 200 g/mol. The number of hydrogen-bond donors (Lipinski definition) is 1. The van der Waals surface area contributed by atoms with Crippen molar-refractivity contribution in [1.29, 1.82) is 0 Å². The summed E-state index contributed by atoms with van der Waals surface area (Å²) >= 11 is 0. The van der Waals surface area contributed by atoms with E-state index in [4.69, 9.17) is 4.74 Å². The Morgan fingerprint density at radius 2 is 2.00 bits per heavy atom. The Labute approximate surface area is 85.6 Å². The first kappa shape index (κ1) is 11.5. The van der Waals surface area contributed by atoms with Crippen molar-refractivity contribution in [1.82, 2.24) is 10.2 Å². The molecule has 0 aromatic carbocycles. The third kappa shape index (κ3) is 2.69. The molecule has 4 heteroatoms. The van der Waals surface area contributed by atoms with Crippen molar-refractivity contribution in [2.75, 3.05) is 39.9 Å². The lowest BCUT2D eigenvalue weighted by Crippen LogP contribution is -2.51. The third-order valence-electron chi connectivity index (χ3n) is 2.49. The summed E-state index contributed by atoms with van der Waals surface area (Å²) in [4.78, 5) is 13.9. The van der Waals surface area contributed by atoms with Gasteiger partial charge in [-0.05, 0) is 13.8 Å². The highest BCUT2D eigenvalue weighted by Crippen LogP contribution is 2.19. The highest BCUT2D eigenvalue weighted by Gasteiger charge is 2.32. The van der Waals surface area contributed by atoms with Gasteiger partial charge in [-0.15, -0.1) is 0 Å². The lowest BCUT2D eigenvalue weighted by Gasteiger charge is -2.34. The second kappa shape index (κ2) is 4.75. The van der Waals surface area contributed by atoms with Crippen LogP contribution in [0.4, 0.5) is 0 Å². The second-order valence-electron chi connectivity index (χ2n) is 4.36. The summed E-state index contributed by atoms with van der Waals surface area (Å²) in [5.41, 5.74) is -0.397. The van der Waals surface area contributed by atoms with Crippen LogP contribution >= 0.6 is 0 Å². The summed E-state index contributed by atoms with van der Waals surface area (Å²) in [5, 5.41) is 3.23. The highest BCUT2D eigenvalue weighted by atomic mass is 16.5. The fraction of sp³-hybridized carbons (Fsp3) is 0.900. The smallest absolute Gasteiger partial charge is 0.230 e. The van der Waals surface area contributed by atoms with E-state index in [0.717, 1.165) is 26.2 Å². The topological polar surface area (TPSA) is 41.6 Å². The lowest BCUT2D eigenvalue weighted by atomic mass is 9.92. The van der Waals surface area contributed by atoms with Crippen LogP contribution in [-0.4, -0.2) is 50.7 Å². The normalized spacial score (nSPS) is 18.4. The summed E-state index contributed by atoms with van der Waals surface area (Å²) in [6.45, 7) is 7.76. The highest BCUT2D eigenvalue weighted by molar-refractivity contribution is 5.82. The maximum Gasteiger partial charge on any atom is 0.230 e. The molecule has 0 aromatic rings. The molecule has 4 nitrogen and oxygen atoms in total. The van der Waals surface area contributed by atoms with E-state index in [-0.39, 0.29) is 5.91 Å². The van der Waals surface area contributed by atoms with Crippen molar-refractivity contribution in [3.05, 3.63) is 0 Å². The van der Waals surface area contributed by atoms with Crippen LogP contribution in [0.5, 0.6) is 0 Å². The Morgan fingerprint density at radius 1 is 1.43 bits per heavy atom. The molecular weight excluding hydrogens is 180 g/mol. The molecule has 0 spiro atoms. The van der Waals surface area contributed by atoms with Crippen LogP contribution in [0.1, 0.15) is 13.8 Å². The largest absolute Gasteiger partial charge is 0.384 e. The number of nitrogens with zero attached hydrogens (tertiary/aromatic N) is 1. The predicted octanol–water partition coefficient (Wildman–Crippen LogP) is 0.0908. The number of ether oxygens (including phenoxy) is 1. The molecule has 0 unspecified atom stereocenters. The molecule has 1 saturated heterocycles. The number of rotatable bonds is 3. The fourth-order valence-corrected chi connectivity index (χ4v) is 1.72. The average molecular weight is 200 g/mol. The number of carbonyl (C=O) groups excluding carboxylic acids is 1. The third-order valence-corrected chi connectivity index (χ3v) is 2.49. The van der Waals surface area contributed by atoms with Crippen LogP contribution in [0.3, 0.4) is 0 Å². The molecule has 1 N–H and O–H groups in total. The van der Waals surface area contributed by atoms with E-state index in [0.29, 0.717) is 6.61 Å². The molecule has 1 aliphatic heterocycles. The summed E-state index contributed by atoms with van der Waals surface area (Å²) in [5.74, 6) is 0.195. The van der Waals surface area contributed by atoms with Gasteiger partial charge in [0, 0.05) is 33.3 Å². The molecule has 1 heterocycles. The van der Waals surface area contributed by atoms with E-state index in [1.165, 1.54) is 0 Å². The SMILES string of the molecule is COCC(C)(C)C(=O)N1CCNCC1. The van der Waals surface area contributed by atoms with Gasteiger partial charge >= 0.3 is 0 Å². The number of amides is 1. The van der Waals surface area contributed by atoms with Gasteiger partial charge in [0.2, 0.25) is 5.91 Å². The van der Waals surface area contributed by atoms with Gasteiger partial charge in [-0.2, -0.15) is 0 Å². The first-order valence-electron chi connectivity index (χ1n) is 5.07. The molecule has 14 heavy (non-hydrogen) atoms.